The maximum Gasteiger partial charge on any atom is 0.190 e. The number of aliphatic hydroxyl groups excluding tert-OH is 1. The minimum atomic E-state index is -0.624. The highest BCUT2D eigenvalue weighted by Crippen LogP contribution is 2.38. The van der Waals surface area contributed by atoms with Crippen molar-refractivity contribution < 1.29 is 24.1 Å². The summed E-state index contributed by atoms with van der Waals surface area (Å²) in [7, 11) is 1.62. The van der Waals surface area contributed by atoms with Crippen LogP contribution >= 0.6 is 0 Å². The van der Waals surface area contributed by atoms with E-state index in [0.717, 1.165) is 0 Å². The molecule has 2 fully saturated rings. The van der Waals surface area contributed by atoms with Gasteiger partial charge in [-0.15, -0.1) is 0 Å². The molecule has 0 radical (unpaired) electrons. The van der Waals surface area contributed by atoms with Crippen molar-refractivity contribution in [3.05, 3.63) is 0 Å². The van der Waals surface area contributed by atoms with Gasteiger partial charge in [0, 0.05) is 13.7 Å². The van der Waals surface area contributed by atoms with Crippen LogP contribution in [0.2, 0.25) is 0 Å². The summed E-state index contributed by atoms with van der Waals surface area (Å²) < 4.78 is 22.4. The zero-order chi connectivity index (χ0) is 11.8. The van der Waals surface area contributed by atoms with Crippen molar-refractivity contribution >= 4 is 0 Å². The summed E-state index contributed by atoms with van der Waals surface area (Å²) in [6.45, 7) is 4.12. The lowest BCUT2D eigenvalue weighted by molar-refractivity contribution is -0.216. The second-order valence-corrected chi connectivity index (χ2v) is 4.46. The average Bonchev–Trinajstić information content (AvgIpc) is 2.65. The molecule has 2 rings (SSSR count). The molecule has 4 atom stereocenters. The smallest absolute Gasteiger partial charge is 0.190 e. The molecule has 0 aromatic heterocycles. The van der Waals surface area contributed by atoms with Crippen LogP contribution in [0.3, 0.4) is 0 Å². The fraction of sp³-hybridized carbons (Fsp3) is 1.00. The predicted molar refractivity (Wildman–Crippen MR) is 54.6 cm³/mol. The van der Waals surface area contributed by atoms with Crippen LogP contribution < -0.4 is 5.32 Å². The van der Waals surface area contributed by atoms with Gasteiger partial charge in [0.1, 0.15) is 18.3 Å². The van der Waals surface area contributed by atoms with Gasteiger partial charge in [-0.05, 0) is 13.8 Å². The minimum Gasteiger partial charge on any atom is -0.381 e. The van der Waals surface area contributed by atoms with Gasteiger partial charge in [-0.2, -0.15) is 0 Å². The van der Waals surface area contributed by atoms with Crippen LogP contribution in [0.4, 0.5) is 0 Å². The molecule has 0 spiro atoms. The summed E-state index contributed by atoms with van der Waals surface area (Å²) in [5.41, 5.74) is 0. The SMILES string of the molecule is CO[C@H]1C(CNCO)O[C@@H]2OC(C)(C)O[C@@H]21. The first-order chi connectivity index (χ1) is 7.57. The van der Waals surface area contributed by atoms with Crippen molar-refractivity contribution in [1.82, 2.24) is 5.32 Å². The highest BCUT2D eigenvalue weighted by atomic mass is 16.8. The Morgan fingerprint density at radius 2 is 2.12 bits per heavy atom. The van der Waals surface area contributed by atoms with Crippen molar-refractivity contribution in [3.8, 4) is 0 Å². The molecule has 0 saturated carbocycles. The van der Waals surface area contributed by atoms with E-state index in [2.05, 4.69) is 5.32 Å². The van der Waals surface area contributed by atoms with E-state index in [1.807, 2.05) is 13.8 Å². The molecule has 6 heteroatoms. The van der Waals surface area contributed by atoms with E-state index < -0.39 is 5.79 Å². The number of fused-ring (bicyclic) bond motifs is 1. The van der Waals surface area contributed by atoms with Crippen LogP contribution in [-0.4, -0.2) is 55.9 Å². The molecule has 16 heavy (non-hydrogen) atoms. The molecular weight excluding hydrogens is 214 g/mol. The number of ether oxygens (including phenoxy) is 4. The summed E-state index contributed by atoms with van der Waals surface area (Å²) in [4.78, 5) is 0. The summed E-state index contributed by atoms with van der Waals surface area (Å²) in [5, 5.41) is 11.5. The van der Waals surface area contributed by atoms with Gasteiger partial charge in [0.2, 0.25) is 0 Å². The number of nitrogens with one attached hydrogen (secondary N) is 1. The summed E-state index contributed by atoms with van der Waals surface area (Å²) >= 11 is 0. The third-order valence-electron chi connectivity index (χ3n) is 2.82. The Hall–Kier alpha value is -0.240. The van der Waals surface area contributed by atoms with Crippen LogP contribution in [0.1, 0.15) is 13.8 Å². The summed E-state index contributed by atoms with van der Waals surface area (Å²) in [6.07, 6.45) is -0.926. The van der Waals surface area contributed by atoms with Crippen molar-refractivity contribution in [2.24, 2.45) is 0 Å². The average molecular weight is 233 g/mol. The van der Waals surface area contributed by atoms with E-state index >= 15 is 0 Å². The van der Waals surface area contributed by atoms with Crippen LogP contribution in [0.25, 0.3) is 0 Å². The fourth-order valence-corrected chi connectivity index (χ4v) is 2.20. The lowest BCUT2D eigenvalue weighted by Gasteiger charge is -2.24. The quantitative estimate of drug-likeness (QED) is 0.633. The highest BCUT2D eigenvalue weighted by Gasteiger charge is 2.54. The normalized spacial score (nSPS) is 41.2. The first-order valence-corrected chi connectivity index (χ1v) is 5.43. The zero-order valence-electron chi connectivity index (χ0n) is 9.80. The van der Waals surface area contributed by atoms with Crippen molar-refractivity contribution in [2.45, 2.75) is 44.2 Å². The first kappa shape index (κ1) is 12.2. The maximum atomic E-state index is 8.70. The number of methoxy groups -OCH3 is 1. The molecule has 94 valence electrons. The number of hydrogen-bond acceptors (Lipinski definition) is 6. The molecule has 2 heterocycles. The van der Waals surface area contributed by atoms with Crippen LogP contribution in [0.5, 0.6) is 0 Å². The van der Waals surface area contributed by atoms with Gasteiger partial charge < -0.3 is 24.1 Å². The van der Waals surface area contributed by atoms with Gasteiger partial charge in [-0.3, -0.25) is 5.32 Å². The Balaban J connectivity index is 1.98. The van der Waals surface area contributed by atoms with Crippen molar-refractivity contribution in [2.75, 3.05) is 20.4 Å². The fourth-order valence-electron chi connectivity index (χ4n) is 2.20. The Morgan fingerprint density at radius 3 is 2.75 bits per heavy atom. The number of rotatable bonds is 4. The van der Waals surface area contributed by atoms with Gasteiger partial charge in [0.25, 0.3) is 0 Å². The molecule has 1 unspecified atom stereocenters. The van der Waals surface area contributed by atoms with E-state index in [9.17, 15) is 0 Å². The van der Waals surface area contributed by atoms with Crippen LogP contribution in [-0.2, 0) is 18.9 Å². The summed E-state index contributed by atoms with van der Waals surface area (Å²) in [5.74, 6) is -0.624. The molecule has 2 aliphatic heterocycles. The van der Waals surface area contributed by atoms with E-state index in [0.29, 0.717) is 6.54 Å². The first-order valence-electron chi connectivity index (χ1n) is 5.43. The second kappa shape index (κ2) is 4.56. The van der Waals surface area contributed by atoms with Gasteiger partial charge in [0.15, 0.2) is 12.1 Å². The van der Waals surface area contributed by atoms with Crippen LogP contribution in [0.15, 0.2) is 0 Å². The molecular formula is C10H19NO5. The number of aliphatic hydroxyl groups is 1. The Morgan fingerprint density at radius 1 is 1.38 bits per heavy atom. The molecule has 2 N–H and O–H groups in total. The standard InChI is InChI=1S/C10H19NO5/c1-10(2)15-8-7(13-3)6(4-11-5-12)14-9(8)16-10/h6-9,11-12H,4-5H2,1-3H3/t6?,7-,8+,9+/m0/s1. The topological polar surface area (TPSA) is 69.2 Å². The molecule has 0 aromatic carbocycles. The predicted octanol–water partition coefficient (Wildman–Crippen LogP) is -0.583. The molecule has 0 aliphatic carbocycles. The van der Waals surface area contributed by atoms with Crippen LogP contribution in [0, 0.1) is 0 Å². The van der Waals surface area contributed by atoms with E-state index in [-0.39, 0.29) is 31.3 Å². The van der Waals surface area contributed by atoms with E-state index in [1.165, 1.54) is 0 Å². The van der Waals surface area contributed by atoms with E-state index in [1.54, 1.807) is 7.11 Å². The molecule has 2 saturated heterocycles. The second-order valence-electron chi connectivity index (χ2n) is 4.46. The Bertz CT molecular complexity index is 247. The Labute approximate surface area is 94.8 Å². The van der Waals surface area contributed by atoms with E-state index in [4.69, 9.17) is 24.1 Å². The summed E-state index contributed by atoms with van der Waals surface area (Å²) in [6, 6.07) is 0. The largest absolute Gasteiger partial charge is 0.381 e. The monoisotopic (exact) mass is 233 g/mol. The molecule has 2 aliphatic rings. The highest BCUT2D eigenvalue weighted by molar-refractivity contribution is 4.94. The van der Waals surface area contributed by atoms with Crippen molar-refractivity contribution in [3.63, 3.8) is 0 Å². The van der Waals surface area contributed by atoms with Gasteiger partial charge >= 0.3 is 0 Å². The lowest BCUT2D eigenvalue weighted by Crippen LogP contribution is -2.41. The van der Waals surface area contributed by atoms with Gasteiger partial charge in [-0.1, -0.05) is 0 Å². The third-order valence-corrected chi connectivity index (χ3v) is 2.82. The lowest BCUT2D eigenvalue weighted by atomic mass is 10.1. The van der Waals surface area contributed by atoms with Crippen molar-refractivity contribution in [1.29, 1.82) is 0 Å². The molecule has 0 aromatic rings. The van der Waals surface area contributed by atoms with Gasteiger partial charge in [-0.25, -0.2) is 0 Å². The minimum absolute atomic E-state index is 0.0845. The zero-order valence-corrected chi connectivity index (χ0v) is 9.80. The Kier molecular flexibility index (Phi) is 3.48. The third kappa shape index (κ3) is 2.22. The molecule has 6 nitrogen and oxygen atoms in total. The van der Waals surface area contributed by atoms with Gasteiger partial charge in [0.05, 0.1) is 6.73 Å². The number of hydrogen-bond donors (Lipinski definition) is 2. The maximum absolute atomic E-state index is 8.70. The molecule has 0 bridgehead atoms. The molecule has 0 amide bonds.